The average Bonchev–Trinajstić information content (AvgIpc) is 2.86. The lowest BCUT2D eigenvalue weighted by atomic mass is 10.1. The van der Waals surface area contributed by atoms with Gasteiger partial charge >= 0.3 is 11.9 Å². The van der Waals surface area contributed by atoms with E-state index >= 15 is 0 Å². The summed E-state index contributed by atoms with van der Waals surface area (Å²) in [6, 6.07) is 8.68. The van der Waals surface area contributed by atoms with Gasteiger partial charge in [0.25, 0.3) is 11.5 Å². The van der Waals surface area contributed by atoms with E-state index in [1.165, 1.54) is 49.5 Å². The number of hydrogen-bond acceptors (Lipinski definition) is 6. The van der Waals surface area contributed by atoms with E-state index in [0.717, 1.165) is 16.8 Å². The summed E-state index contributed by atoms with van der Waals surface area (Å²) >= 11 is 0. The molecule has 0 fully saturated rings. The normalized spacial score (nSPS) is 11.3. The van der Waals surface area contributed by atoms with Gasteiger partial charge in [-0.15, -0.1) is 0 Å². The average molecular weight is 506 g/mol. The number of ether oxygens (including phenoxy) is 2. The van der Waals surface area contributed by atoms with E-state index in [1.54, 1.807) is 13.8 Å². The van der Waals surface area contributed by atoms with Crippen molar-refractivity contribution < 1.29 is 27.4 Å². The third kappa shape index (κ3) is 5.26. The summed E-state index contributed by atoms with van der Waals surface area (Å²) in [5, 5.41) is 4.05. The molecule has 0 atom stereocenters. The van der Waals surface area contributed by atoms with Gasteiger partial charge in [-0.1, -0.05) is 12.1 Å². The highest BCUT2D eigenvalue weighted by atomic mass is 19.4. The SMILES string of the molecule is CCN(CC)C(=O)c1nn(-c2ccc(OC)c(OC)c2)c(=O)n(Cc2cccc(C(F)(F)F)c2)c1=O. The van der Waals surface area contributed by atoms with E-state index in [4.69, 9.17) is 9.47 Å². The summed E-state index contributed by atoms with van der Waals surface area (Å²) in [5.74, 6) is -0.0843. The number of rotatable bonds is 8. The molecule has 2 aromatic carbocycles. The Kier molecular flexibility index (Phi) is 7.86. The smallest absolute Gasteiger partial charge is 0.416 e. The molecule has 0 aliphatic rings. The van der Waals surface area contributed by atoms with E-state index in [2.05, 4.69) is 5.10 Å². The molecule has 192 valence electrons. The molecular formula is C24H25F3N4O5. The van der Waals surface area contributed by atoms with Gasteiger partial charge in [-0.05, 0) is 43.7 Å². The summed E-state index contributed by atoms with van der Waals surface area (Å²) < 4.78 is 51.6. The van der Waals surface area contributed by atoms with Crippen molar-refractivity contribution in [3.05, 3.63) is 80.1 Å². The van der Waals surface area contributed by atoms with Crippen molar-refractivity contribution >= 4 is 5.91 Å². The first-order valence-electron chi connectivity index (χ1n) is 11.0. The molecule has 1 heterocycles. The van der Waals surface area contributed by atoms with Crippen LogP contribution in [0.15, 0.2) is 52.1 Å². The standard InChI is InChI=1S/C24H25F3N4O5/c1-5-29(6-2)21(32)20-22(33)30(14-15-8-7-9-16(12-15)24(25,26)27)23(34)31(28-20)17-10-11-18(35-3)19(13-17)36-4/h7-13H,5-6,14H2,1-4H3. The summed E-state index contributed by atoms with van der Waals surface area (Å²) in [7, 11) is 2.82. The third-order valence-electron chi connectivity index (χ3n) is 5.52. The van der Waals surface area contributed by atoms with E-state index < -0.39 is 41.1 Å². The topological polar surface area (TPSA) is 95.7 Å². The van der Waals surface area contributed by atoms with Crippen molar-refractivity contribution in [2.45, 2.75) is 26.6 Å². The van der Waals surface area contributed by atoms with Crippen LogP contribution in [0.5, 0.6) is 11.5 Å². The maximum Gasteiger partial charge on any atom is 0.416 e. The van der Waals surface area contributed by atoms with Crippen LogP contribution in [0.1, 0.15) is 35.5 Å². The minimum atomic E-state index is -4.61. The fourth-order valence-corrected chi connectivity index (χ4v) is 3.60. The number of carbonyl (C=O) groups is 1. The van der Waals surface area contributed by atoms with E-state index in [9.17, 15) is 27.6 Å². The van der Waals surface area contributed by atoms with Gasteiger partial charge in [0, 0.05) is 19.2 Å². The molecule has 0 aliphatic heterocycles. The zero-order valence-corrected chi connectivity index (χ0v) is 20.1. The first-order valence-corrected chi connectivity index (χ1v) is 11.0. The van der Waals surface area contributed by atoms with Crippen LogP contribution in [0.3, 0.4) is 0 Å². The minimum absolute atomic E-state index is 0.0512. The van der Waals surface area contributed by atoms with Crippen LogP contribution < -0.4 is 20.7 Å². The number of methoxy groups -OCH3 is 2. The molecule has 0 spiro atoms. The molecule has 12 heteroatoms. The third-order valence-corrected chi connectivity index (χ3v) is 5.52. The summed E-state index contributed by atoms with van der Waals surface area (Å²) in [5.41, 5.74) is -3.21. The molecule has 0 saturated carbocycles. The predicted octanol–water partition coefficient (Wildman–Crippen LogP) is 2.96. The van der Waals surface area contributed by atoms with Gasteiger partial charge < -0.3 is 14.4 Å². The molecule has 3 aromatic rings. The molecular weight excluding hydrogens is 481 g/mol. The summed E-state index contributed by atoms with van der Waals surface area (Å²) in [6.07, 6.45) is -4.61. The molecule has 9 nitrogen and oxygen atoms in total. The Bertz CT molecular complexity index is 1380. The van der Waals surface area contributed by atoms with Gasteiger partial charge in [-0.25, -0.2) is 4.79 Å². The van der Waals surface area contributed by atoms with Crippen molar-refractivity contribution in [1.29, 1.82) is 0 Å². The summed E-state index contributed by atoms with van der Waals surface area (Å²) in [6.45, 7) is 3.48. The Labute approximate surface area is 204 Å². The van der Waals surface area contributed by atoms with Crippen LogP contribution >= 0.6 is 0 Å². The molecule has 36 heavy (non-hydrogen) atoms. The fourth-order valence-electron chi connectivity index (χ4n) is 3.60. The van der Waals surface area contributed by atoms with Gasteiger partial charge in [0.15, 0.2) is 11.5 Å². The number of benzene rings is 2. The zero-order valence-electron chi connectivity index (χ0n) is 20.1. The van der Waals surface area contributed by atoms with E-state index in [1.807, 2.05) is 0 Å². The maximum atomic E-state index is 13.4. The monoisotopic (exact) mass is 506 g/mol. The van der Waals surface area contributed by atoms with Gasteiger partial charge in [0.1, 0.15) is 0 Å². The van der Waals surface area contributed by atoms with Crippen molar-refractivity contribution in [2.75, 3.05) is 27.3 Å². The number of hydrogen-bond donors (Lipinski definition) is 0. The Morgan fingerprint density at radius 2 is 1.67 bits per heavy atom. The van der Waals surface area contributed by atoms with E-state index in [-0.39, 0.29) is 30.1 Å². The maximum absolute atomic E-state index is 13.4. The van der Waals surface area contributed by atoms with Gasteiger partial charge in [-0.2, -0.15) is 23.0 Å². The fraction of sp³-hybridized carbons (Fsp3) is 0.333. The van der Waals surface area contributed by atoms with Crippen LogP contribution in [0.25, 0.3) is 5.69 Å². The van der Waals surface area contributed by atoms with Gasteiger partial charge in [0.2, 0.25) is 5.69 Å². The second-order valence-electron chi connectivity index (χ2n) is 7.65. The Hall–Kier alpha value is -4.09. The van der Waals surface area contributed by atoms with Crippen LogP contribution in [0, 0.1) is 0 Å². The first-order chi connectivity index (χ1) is 17.0. The second-order valence-corrected chi connectivity index (χ2v) is 7.65. The number of alkyl halides is 3. The number of aromatic nitrogens is 3. The molecule has 1 aromatic heterocycles. The molecule has 0 saturated heterocycles. The molecule has 0 aliphatic carbocycles. The number of carbonyl (C=O) groups excluding carboxylic acids is 1. The van der Waals surface area contributed by atoms with Crippen molar-refractivity contribution in [3.8, 4) is 17.2 Å². The second kappa shape index (κ2) is 10.7. The number of nitrogens with zero attached hydrogens (tertiary/aromatic N) is 4. The van der Waals surface area contributed by atoms with Crippen molar-refractivity contribution in [1.82, 2.24) is 19.2 Å². The lowest BCUT2D eigenvalue weighted by molar-refractivity contribution is -0.137. The molecule has 3 rings (SSSR count). The largest absolute Gasteiger partial charge is 0.493 e. The van der Waals surface area contributed by atoms with E-state index in [0.29, 0.717) is 10.3 Å². The molecule has 0 unspecified atom stereocenters. The van der Waals surface area contributed by atoms with Crippen LogP contribution in [-0.4, -0.2) is 52.5 Å². The molecule has 0 N–H and O–H groups in total. The van der Waals surface area contributed by atoms with Crippen molar-refractivity contribution in [3.63, 3.8) is 0 Å². The minimum Gasteiger partial charge on any atom is -0.493 e. The Balaban J connectivity index is 2.26. The lowest BCUT2D eigenvalue weighted by Crippen LogP contribution is -2.46. The summed E-state index contributed by atoms with van der Waals surface area (Å²) in [4.78, 5) is 41.0. The zero-order chi connectivity index (χ0) is 26.6. The first kappa shape index (κ1) is 26.5. The molecule has 0 bridgehead atoms. The van der Waals surface area contributed by atoms with Crippen LogP contribution in [0.2, 0.25) is 0 Å². The number of halogens is 3. The highest BCUT2D eigenvalue weighted by Crippen LogP contribution is 2.30. The molecule has 0 radical (unpaired) electrons. The van der Waals surface area contributed by atoms with Crippen molar-refractivity contribution in [2.24, 2.45) is 0 Å². The Morgan fingerprint density at radius 1 is 1.00 bits per heavy atom. The molecule has 1 amide bonds. The predicted molar refractivity (Wildman–Crippen MR) is 125 cm³/mol. The highest BCUT2D eigenvalue weighted by molar-refractivity contribution is 5.91. The number of amides is 1. The van der Waals surface area contributed by atoms with Gasteiger partial charge in [-0.3, -0.25) is 14.2 Å². The van der Waals surface area contributed by atoms with Gasteiger partial charge in [0.05, 0.1) is 32.0 Å². The Morgan fingerprint density at radius 3 is 2.25 bits per heavy atom. The van der Waals surface area contributed by atoms with Crippen LogP contribution in [-0.2, 0) is 12.7 Å². The highest BCUT2D eigenvalue weighted by Gasteiger charge is 2.30. The van der Waals surface area contributed by atoms with Crippen LogP contribution in [0.4, 0.5) is 13.2 Å². The lowest BCUT2D eigenvalue weighted by Gasteiger charge is -2.19. The quantitative estimate of drug-likeness (QED) is 0.466.